The fourth-order valence-corrected chi connectivity index (χ4v) is 2.91. The van der Waals surface area contributed by atoms with Gasteiger partial charge >= 0.3 is 0 Å². The molecule has 3 rings (SSSR count). The van der Waals surface area contributed by atoms with E-state index in [4.69, 9.17) is 19.9 Å². The molecule has 0 fully saturated rings. The Hall–Kier alpha value is -3.61. The molecule has 0 unspecified atom stereocenters. The van der Waals surface area contributed by atoms with Crippen molar-refractivity contribution in [1.29, 1.82) is 0 Å². The molecule has 1 aromatic heterocycles. The van der Waals surface area contributed by atoms with Crippen molar-refractivity contribution < 1.29 is 23.4 Å². The van der Waals surface area contributed by atoms with Gasteiger partial charge < -0.3 is 19.9 Å². The van der Waals surface area contributed by atoms with E-state index in [9.17, 15) is 9.18 Å². The van der Waals surface area contributed by atoms with Crippen molar-refractivity contribution in [2.24, 2.45) is 5.73 Å². The molecule has 7 heteroatoms. The summed E-state index contributed by atoms with van der Waals surface area (Å²) in [6.07, 6.45) is 1.43. The molecule has 2 aromatic carbocycles. The number of pyridine rings is 1. The van der Waals surface area contributed by atoms with Crippen LogP contribution in [0.1, 0.15) is 18.1 Å². The first-order chi connectivity index (χ1) is 14.5. The SMILES string of the molecule is CCOc1cc(OCc2ccc(OC)cc2)ncc1-c1ccc(CC(N)=O)c(F)c1. The Morgan fingerprint density at radius 1 is 1.10 bits per heavy atom. The Bertz CT molecular complexity index is 1020. The van der Waals surface area contributed by atoms with Gasteiger partial charge in [-0.25, -0.2) is 9.37 Å². The predicted molar refractivity (Wildman–Crippen MR) is 111 cm³/mol. The van der Waals surface area contributed by atoms with Gasteiger partial charge in [-0.3, -0.25) is 4.79 Å². The summed E-state index contributed by atoms with van der Waals surface area (Å²) in [5.74, 6) is 0.599. The summed E-state index contributed by atoms with van der Waals surface area (Å²) in [5, 5.41) is 0. The zero-order chi connectivity index (χ0) is 21.5. The van der Waals surface area contributed by atoms with Crippen LogP contribution in [-0.2, 0) is 17.8 Å². The van der Waals surface area contributed by atoms with Gasteiger partial charge in [0.15, 0.2) is 0 Å². The van der Waals surface area contributed by atoms with Gasteiger partial charge in [-0.2, -0.15) is 0 Å². The maximum atomic E-state index is 14.4. The summed E-state index contributed by atoms with van der Waals surface area (Å²) in [7, 11) is 1.61. The van der Waals surface area contributed by atoms with Crippen molar-refractivity contribution in [1.82, 2.24) is 4.98 Å². The Morgan fingerprint density at radius 2 is 1.87 bits per heavy atom. The van der Waals surface area contributed by atoms with Gasteiger partial charge in [0.2, 0.25) is 11.8 Å². The summed E-state index contributed by atoms with van der Waals surface area (Å²) in [5.41, 5.74) is 7.57. The zero-order valence-corrected chi connectivity index (χ0v) is 16.9. The van der Waals surface area contributed by atoms with Crippen molar-refractivity contribution in [2.45, 2.75) is 20.0 Å². The van der Waals surface area contributed by atoms with Crippen LogP contribution in [0.5, 0.6) is 17.4 Å². The van der Waals surface area contributed by atoms with E-state index in [1.165, 1.54) is 6.07 Å². The van der Waals surface area contributed by atoms with E-state index in [0.717, 1.165) is 11.3 Å². The molecule has 0 radical (unpaired) electrons. The molecule has 156 valence electrons. The molecule has 1 heterocycles. The van der Waals surface area contributed by atoms with Crippen molar-refractivity contribution in [2.75, 3.05) is 13.7 Å². The topological polar surface area (TPSA) is 83.7 Å². The fraction of sp³-hybridized carbons (Fsp3) is 0.217. The molecule has 0 aliphatic heterocycles. The van der Waals surface area contributed by atoms with Gasteiger partial charge in [-0.15, -0.1) is 0 Å². The van der Waals surface area contributed by atoms with E-state index in [-0.39, 0.29) is 12.0 Å². The Kier molecular flexibility index (Phi) is 6.85. The number of aromatic nitrogens is 1. The average molecular weight is 410 g/mol. The minimum absolute atomic E-state index is 0.152. The van der Waals surface area contributed by atoms with Crippen LogP contribution < -0.4 is 19.9 Å². The summed E-state index contributed by atoms with van der Waals surface area (Å²) < 4.78 is 31.0. The van der Waals surface area contributed by atoms with E-state index in [1.54, 1.807) is 31.5 Å². The first-order valence-electron chi connectivity index (χ1n) is 9.45. The number of carbonyl (C=O) groups is 1. The van der Waals surface area contributed by atoms with Gasteiger partial charge in [0.05, 0.1) is 20.1 Å². The maximum Gasteiger partial charge on any atom is 0.221 e. The van der Waals surface area contributed by atoms with Crippen LogP contribution in [0.3, 0.4) is 0 Å². The third kappa shape index (κ3) is 5.26. The highest BCUT2D eigenvalue weighted by Crippen LogP contribution is 2.33. The van der Waals surface area contributed by atoms with Crippen LogP contribution in [0.25, 0.3) is 11.1 Å². The van der Waals surface area contributed by atoms with Crippen LogP contribution in [0, 0.1) is 5.82 Å². The molecule has 1 amide bonds. The summed E-state index contributed by atoms with van der Waals surface area (Å²) >= 11 is 0. The molecular weight excluding hydrogens is 387 g/mol. The first kappa shape index (κ1) is 21.1. The predicted octanol–water partition coefficient (Wildman–Crippen LogP) is 3.90. The van der Waals surface area contributed by atoms with Crippen molar-refractivity contribution >= 4 is 5.91 Å². The summed E-state index contributed by atoms with van der Waals surface area (Å²) in [4.78, 5) is 15.4. The highest BCUT2D eigenvalue weighted by Gasteiger charge is 2.13. The monoisotopic (exact) mass is 410 g/mol. The molecule has 2 N–H and O–H groups in total. The van der Waals surface area contributed by atoms with Crippen LogP contribution in [0.15, 0.2) is 54.7 Å². The minimum Gasteiger partial charge on any atom is -0.497 e. The van der Waals surface area contributed by atoms with E-state index >= 15 is 0 Å². The number of halogens is 1. The molecule has 0 bridgehead atoms. The fourth-order valence-electron chi connectivity index (χ4n) is 2.91. The van der Waals surface area contributed by atoms with Gasteiger partial charge in [-0.1, -0.05) is 24.3 Å². The molecule has 30 heavy (non-hydrogen) atoms. The van der Waals surface area contributed by atoms with Gasteiger partial charge in [0, 0.05) is 17.8 Å². The molecule has 0 aliphatic rings. The van der Waals surface area contributed by atoms with E-state index < -0.39 is 11.7 Å². The molecule has 6 nitrogen and oxygen atoms in total. The Balaban J connectivity index is 1.80. The normalized spacial score (nSPS) is 10.5. The number of methoxy groups -OCH3 is 1. The van der Waals surface area contributed by atoms with Crippen LogP contribution in [0.4, 0.5) is 4.39 Å². The molecule has 0 spiro atoms. The molecule has 0 saturated carbocycles. The third-order valence-electron chi connectivity index (χ3n) is 4.42. The third-order valence-corrected chi connectivity index (χ3v) is 4.42. The Morgan fingerprint density at radius 3 is 2.50 bits per heavy atom. The number of benzene rings is 2. The zero-order valence-electron chi connectivity index (χ0n) is 16.9. The largest absolute Gasteiger partial charge is 0.497 e. The molecule has 0 aliphatic carbocycles. The van der Waals surface area contributed by atoms with Crippen molar-refractivity contribution in [3.63, 3.8) is 0 Å². The van der Waals surface area contributed by atoms with E-state index in [2.05, 4.69) is 4.98 Å². The quantitative estimate of drug-likeness (QED) is 0.578. The number of amides is 1. The van der Waals surface area contributed by atoms with Gasteiger partial charge in [-0.05, 0) is 41.8 Å². The standard InChI is InChI=1S/C23H23FN2O4/c1-3-29-21-12-23(30-14-15-4-8-18(28-2)9-5-15)26-13-19(21)16-6-7-17(11-22(25)27)20(24)10-16/h4-10,12-13H,3,11,14H2,1-2H3,(H2,25,27). The number of hydrogen-bond donors (Lipinski definition) is 1. The number of nitrogens with zero attached hydrogens (tertiary/aromatic N) is 1. The first-order valence-corrected chi connectivity index (χ1v) is 9.45. The van der Waals surface area contributed by atoms with Crippen LogP contribution in [0.2, 0.25) is 0 Å². The minimum atomic E-state index is -0.586. The highest BCUT2D eigenvalue weighted by molar-refractivity contribution is 5.77. The molecule has 0 atom stereocenters. The number of rotatable bonds is 9. The number of hydrogen-bond acceptors (Lipinski definition) is 5. The second-order valence-electron chi connectivity index (χ2n) is 6.54. The molecule has 3 aromatic rings. The number of primary amides is 1. The molecular formula is C23H23FN2O4. The number of nitrogens with two attached hydrogens (primary N) is 1. The van der Waals surface area contributed by atoms with E-state index in [0.29, 0.717) is 36.0 Å². The lowest BCUT2D eigenvalue weighted by atomic mass is 10.0. The Labute approximate surface area is 174 Å². The molecule has 0 saturated heterocycles. The van der Waals surface area contributed by atoms with Gasteiger partial charge in [0.1, 0.15) is 23.9 Å². The highest BCUT2D eigenvalue weighted by atomic mass is 19.1. The summed E-state index contributed by atoms with van der Waals surface area (Å²) in [6.45, 7) is 2.62. The second kappa shape index (κ2) is 9.73. The van der Waals surface area contributed by atoms with E-state index in [1.807, 2.05) is 31.2 Å². The lowest BCUT2D eigenvalue weighted by molar-refractivity contribution is -0.117. The van der Waals surface area contributed by atoms with Crippen molar-refractivity contribution in [3.8, 4) is 28.5 Å². The maximum absolute atomic E-state index is 14.4. The number of ether oxygens (including phenoxy) is 3. The number of carbonyl (C=O) groups excluding carboxylic acids is 1. The average Bonchev–Trinajstić information content (AvgIpc) is 2.74. The summed E-state index contributed by atoms with van der Waals surface area (Å²) in [6, 6.07) is 13.8. The lowest BCUT2D eigenvalue weighted by Gasteiger charge is -2.13. The van der Waals surface area contributed by atoms with Crippen LogP contribution in [-0.4, -0.2) is 24.6 Å². The van der Waals surface area contributed by atoms with Gasteiger partial charge in [0.25, 0.3) is 0 Å². The lowest BCUT2D eigenvalue weighted by Crippen LogP contribution is -2.14. The van der Waals surface area contributed by atoms with Crippen LogP contribution >= 0.6 is 0 Å². The second-order valence-corrected chi connectivity index (χ2v) is 6.54. The van der Waals surface area contributed by atoms with Crippen molar-refractivity contribution in [3.05, 3.63) is 71.7 Å². The smallest absolute Gasteiger partial charge is 0.221 e.